The molecular formula is C40H31Cl2N5O7S. The largest absolute Gasteiger partial charge is 0.508 e. The van der Waals surface area contributed by atoms with E-state index in [2.05, 4.69) is 0 Å². The highest BCUT2D eigenvalue weighted by molar-refractivity contribution is 7.22. The van der Waals surface area contributed by atoms with E-state index in [4.69, 9.17) is 28.3 Å². The van der Waals surface area contributed by atoms with Crippen LogP contribution in [0.2, 0.25) is 10.0 Å². The van der Waals surface area contributed by atoms with Crippen LogP contribution in [0.25, 0.3) is 20.7 Å². The molecule has 3 fully saturated rings. The molecule has 9 rings (SSSR count). The van der Waals surface area contributed by atoms with E-state index in [9.17, 15) is 29.6 Å². The van der Waals surface area contributed by atoms with Crippen molar-refractivity contribution in [1.82, 2.24) is 9.78 Å². The number of nitro groups is 1. The van der Waals surface area contributed by atoms with Gasteiger partial charge in [0.1, 0.15) is 17.3 Å². The maximum Gasteiger partial charge on any atom is 0.269 e. The van der Waals surface area contributed by atoms with Gasteiger partial charge in [-0.3, -0.25) is 38.9 Å². The topological polar surface area (TPSA) is 156 Å². The minimum Gasteiger partial charge on any atom is -0.508 e. The third-order valence-corrected chi connectivity index (χ3v) is 14.0. The Balaban J connectivity index is 1.14. The normalized spacial score (nSPS) is 26.1. The van der Waals surface area contributed by atoms with E-state index in [0.29, 0.717) is 16.3 Å². The summed E-state index contributed by atoms with van der Waals surface area (Å²) in [6.45, 7) is 3.74. The SMILES string of the molecule is Cc1c(-c2cc(N3C(=O)[C@@H]4C[C@@H]5C(=CC[C@@H]6C(=O)N(c7ccc([N+](=O)[O-])cc7)C(=O)[C@@H]65)[C@H](c5ccc(O)cc5Cl)[C@]4(C)C3=O)n(C)n2)sc2ccc(Cl)cc12. The first kappa shape index (κ1) is 35.3. The summed E-state index contributed by atoms with van der Waals surface area (Å²) >= 11 is 14.7. The van der Waals surface area contributed by atoms with Crippen LogP contribution in [-0.4, -0.2) is 43.4 Å². The van der Waals surface area contributed by atoms with E-state index in [1.807, 2.05) is 31.2 Å². The Kier molecular flexibility index (Phi) is 7.92. The van der Waals surface area contributed by atoms with E-state index in [1.165, 1.54) is 57.3 Å². The van der Waals surface area contributed by atoms with Gasteiger partial charge in [0.15, 0.2) is 0 Å². The number of fused-ring (bicyclic) bond motifs is 5. The summed E-state index contributed by atoms with van der Waals surface area (Å²) in [6, 6.07) is 17.2. The summed E-state index contributed by atoms with van der Waals surface area (Å²) in [4.78, 5) is 72.1. The quantitative estimate of drug-likeness (QED) is 0.0813. The number of halogens is 2. The molecule has 4 amide bonds. The third-order valence-electron chi connectivity index (χ3n) is 12.1. The van der Waals surface area contributed by atoms with Gasteiger partial charge >= 0.3 is 0 Å². The molecule has 2 aliphatic heterocycles. The number of phenols is 1. The number of allylic oxidation sites excluding steroid dienone is 2. The first-order valence-corrected chi connectivity index (χ1v) is 19.2. The fourth-order valence-electron chi connectivity index (χ4n) is 9.52. The van der Waals surface area contributed by atoms with Gasteiger partial charge in [0.2, 0.25) is 23.6 Å². The van der Waals surface area contributed by atoms with E-state index >= 15 is 4.79 Å². The van der Waals surface area contributed by atoms with Crippen LogP contribution in [-0.2, 0) is 26.2 Å². The fourth-order valence-corrected chi connectivity index (χ4v) is 11.1. The van der Waals surface area contributed by atoms with Crippen molar-refractivity contribution in [2.24, 2.45) is 36.1 Å². The number of non-ortho nitro benzene ring substituents is 1. The molecule has 1 saturated carbocycles. The van der Waals surface area contributed by atoms with E-state index in [1.54, 1.807) is 26.1 Å². The number of thiophene rings is 1. The molecule has 0 radical (unpaired) electrons. The van der Waals surface area contributed by atoms with E-state index < -0.39 is 63.6 Å². The van der Waals surface area contributed by atoms with Gasteiger partial charge in [0, 0.05) is 45.9 Å². The second-order valence-electron chi connectivity index (χ2n) is 14.9. The van der Waals surface area contributed by atoms with Crippen LogP contribution < -0.4 is 9.80 Å². The monoisotopic (exact) mass is 795 g/mol. The van der Waals surface area contributed by atoms with Crippen molar-refractivity contribution >= 4 is 85.4 Å². The molecule has 0 bridgehead atoms. The van der Waals surface area contributed by atoms with Crippen molar-refractivity contribution in [1.29, 1.82) is 0 Å². The lowest BCUT2D eigenvalue weighted by atomic mass is 9.51. The molecule has 5 aromatic rings. The molecule has 0 spiro atoms. The summed E-state index contributed by atoms with van der Waals surface area (Å²) in [5, 5.41) is 28.2. The molecule has 2 aromatic heterocycles. The molecule has 6 atom stereocenters. The predicted molar refractivity (Wildman–Crippen MR) is 207 cm³/mol. The van der Waals surface area contributed by atoms with Crippen molar-refractivity contribution in [3.05, 3.63) is 110 Å². The molecule has 55 heavy (non-hydrogen) atoms. The zero-order valence-corrected chi connectivity index (χ0v) is 31.9. The van der Waals surface area contributed by atoms with Crippen LogP contribution in [0, 0.1) is 46.1 Å². The van der Waals surface area contributed by atoms with Gasteiger partial charge in [-0.05, 0) is 91.6 Å². The van der Waals surface area contributed by atoms with Crippen LogP contribution >= 0.6 is 34.5 Å². The maximum absolute atomic E-state index is 15.1. The summed E-state index contributed by atoms with van der Waals surface area (Å²) in [5.41, 5.74) is 1.47. The van der Waals surface area contributed by atoms with Gasteiger partial charge in [-0.15, -0.1) is 11.3 Å². The second-order valence-corrected chi connectivity index (χ2v) is 16.8. The number of nitrogens with zero attached hydrogens (tertiary/aromatic N) is 5. The van der Waals surface area contributed by atoms with Gasteiger partial charge in [0.05, 0.1) is 38.7 Å². The second kappa shape index (κ2) is 12.3. The number of aromatic nitrogens is 2. The molecule has 12 nitrogen and oxygen atoms in total. The standard InChI is InChI=1S/C40H31Cl2N5O7S/c1-18-26-14-19(41)4-13-31(26)55-35(18)30-17-32(44(3)43-30)46-37(50)28-16-27-23(34(40(28,2)39(46)52)24-10-9-22(48)15-29(24)42)11-12-25-33(27)38(51)45(36(25)49)20-5-7-21(8-6-20)47(53)54/h4-11,13-15,17,25,27-28,33-34,48H,12,16H2,1-3H3/t25-,27+,28-,33-,34+,40+/m0/s1. The first-order chi connectivity index (χ1) is 26.2. The summed E-state index contributed by atoms with van der Waals surface area (Å²) in [5.74, 6) is -5.49. The molecule has 3 aromatic carbocycles. The van der Waals surface area contributed by atoms with Crippen molar-refractivity contribution < 1.29 is 29.2 Å². The molecule has 4 heterocycles. The number of amides is 4. The smallest absolute Gasteiger partial charge is 0.269 e. The number of nitro benzene ring substituents is 1. The fraction of sp³-hybridized carbons (Fsp3) is 0.275. The Labute approximate surface area is 327 Å². The molecule has 2 aliphatic carbocycles. The molecule has 278 valence electrons. The van der Waals surface area contributed by atoms with Gasteiger partial charge in [0.25, 0.3) is 5.69 Å². The molecule has 4 aliphatic rings. The lowest BCUT2D eigenvalue weighted by Gasteiger charge is -2.49. The number of rotatable bonds is 5. The van der Waals surface area contributed by atoms with Crippen molar-refractivity contribution in [3.8, 4) is 16.3 Å². The number of phenolic OH excluding ortho intramolecular Hbond substituents is 1. The number of hydrogen-bond donors (Lipinski definition) is 1. The molecule has 1 N–H and O–H groups in total. The average molecular weight is 797 g/mol. The predicted octanol–water partition coefficient (Wildman–Crippen LogP) is 7.97. The summed E-state index contributed by atoms with van der Waals surface area (Å²) < 4.78 is 2.54. The maximum atomic E-state index is 15.1. The number of aromatic hydroxyl groups is 1. The van der Waals surface area contributed by atoms with Crippen LogP contribution in [0.15, 0.2) is 78.4 Å². The van der Waals surface area contributed by atoms with Crippen LogP contribution in [0.5, 0.6) is 5.75 Å². The Bertz CT molecular complexity index is 2600. The van der Waals surface area contributed by atoms with Crippen molar-refractivity contribution in [2.45, 2.75) is 32.6 Å². The van der Waals surface area contributed by atoms with Crippen molar-refractivity contribution in [2.75, 3.05) is 9.80 Å². The van der Waals surface area contributed by atoms with Crippen LogP contribution in [0.1, 0.15) is 36.8 Å². The minimum atomic E-state index is -1.37. The number of carbonyl (C=O) groups is 4. The van der Waals surface area contributed by atoms with Gasteiger partial charge in [-0.2, -0.15) is 5.10 Å². The van der Waals surface area contributed by atoms with Crippen molar-refractivity contribution in [3.63, 3.8) is 0 Å². The first-order valence-electron chi connectivity index (χ1n) is 17.6. The van der Waals surface area contributed by atoms with Crippen LogP contribution in [0.3, 0.4) is 0 Å². The summed E-state index contributed by atoms with van der Waals surface area (Å²) in [6.07, 6.45) is 2.23. The molecular weight excluding hydrogens is 765 g/mol. The lowest BCUT2D eigenvalue weighted by Crippen LogP contribution is -2.49. The molecule has 2 saturated heterocycles. The Morgan fingerprint density at radius 1 is 0.945 bits per heavy atom. The van der Waals surface area contributed by atoms with Gasteiger partial charge in [-0.25, -0.2) is 4.90 Å². The Morgan fingerprint density at radius 3 is 2.40 bits per heavy atom. The third kappa shape index (κ3) is 4.99. The Hall–Kier alpha value is -5.37. The highest BCUT2D eigenvalue weighted by Gasteiger charge is 2.68. The minimum absolute atomic E-state index is 0.0764. The van der Waals surface area contributed by atoms with E-state index in [0.717, 1.165) is 31.0 Å². The highest BCUT2D eigenvalue weighted by atomic mass is 35.5. The molecule has 15 heteroatoms. The average Bonchev–Trinajstić information content (AvgIpc) is 3.82. The van der Waals surface area contributed by atoms with Gasteiger partial charge in [-0.1, -0.05) is 40.9 Å². The zero-order valence-electron chi connectivity index (χ0n) is 29.5. The summed E-state index contributed by atoms with van der Waals surface area (Å²) in [7, 11) is 1.68. The highest BCUT2D eigenvalue weighted by Crippen LogP contribution is 2.64. The number of benzene rings is 3. The number of aryl methyl sites for hydroxylation is 2. The number of anilines is 2. The molecule has 0 unspecified atom stereocenters. The number of imide groups is 2. The van der Waals surface area contributed by atoms with Crippen LogP contribution in [0.4, 0.5) is 17.2 Å². The number of hydrogen-bond acceptors (Lipinski definition) is 9. The zero-order chi connectivity index (χ0) is 38.8. The lowest BCUT2D eigenvalue weighted by molar-refractivity contribution is -0.384. The number of carbonyl (C=O) groups excluding carboxylic acids is 4. The van der Waals surface area contributed by atoms with E-state index in [-0.39, 0.29) is 40.8 Å². The Morgan fingerprint density at radius 2 is 1.69 bits per heavy atom. The van der Waals surface area contributed by atoms with Gasteiger partial charge < -0.3 is 5.11 Å².